The molecule has 0 fully saturated rings. The molecule has 0 atom stereocenters. The Hall–Kier alpha value is -2.52. The summed E-state index contributed by atoms with van der Waals surface area (Å²) < 4.78 is 93.7. The van der Waals surface area contributed by atoms with Gasteiger partial charge in [0.1, 0.15) is 5.69 Å². The first-order valence-electron chi connectivity index (χ1n) is 5.51. The molecule has 1 heterocycles. The Morgan fingerprint density at radius 1 is 0.955 bits per heavy atom. The molecule has 0 unspecified atom stereocenters. The fourth-order valence-electron chi connectivity index (χ4n) is 1.51. The van der Waals surface area contributed by atoms with E-state index in [1.165, 1.54) is 0 Å². The molecule has 22 heavy (non-hydrogen) atoms. The van der Waals surface area contributed by atoms with Crippen LogP contribution in [0.3, 0.4) is 0 Å². The average molecular weight is 326 g/mol. The molecule has 3 nitrogen and oxygen atoms in total. The van der Waals surface area contributed by atoms with Gasteiger partial charge >= 0.3 is 6.61 Å². The Bertz CT molecular complexity index is 682. The molecule has 0 saturated heterocycles. The van der Waals surface area contributed by atoms with Gasteiger partial charge < -0.3 is 10.1 Å². The van der Waals surface area contributed by atoms with Crippen LogP contribution in [0.25, 0.3) is 0 Å². The zero-order valence-corrected chi connectivity index (χ0v) is 10.3. The van der Waals surface area contributed by atoms with Gasteiger partial charge in [0.05, 0.1) is 0 Å². The largest absolute Gasteiger partial charge is 0.432 e. The van der Waals surface area contributed by atoms with E-state index in [9.17, 15) is 30.7 Å². The molecular formula is C12H5F7N2O. The third-order valence-electron chi connectivity index (χ3n) is 2.41. The number of anilines is 2. The summed E-state index contributed by atoms with van der Waals surface area (Å²) in [5.41, 5.74) is -1.60. The maximum atomic E-state index is 13.4. The second-order valence-corrected chi connectivity index (χ2v) is 3.85. The van der Waals surface area contributed by atoms with Crippen LogP contribution >= 0.6 is 0 Å². The Balaban J connectivity index is 2.34. The van der Waals surface area contributed by atoms with Gasteiger partial charge in [-0.3, -0.25) is 0 Å². The van der Waals surface area contributed by atoms with E-state index in [1.54, 1.807) is 0 Å². The third kappa shape index (κ3) is 3.21. The van der Waals surface area contributed by atoms with Crippen LogP contribution in [0, 0.1) is 29.3 Å². The van der Waals surface area contributed by atoms with Crippen LogP contribution in [-0.2, 0) is 0 Å². The van der Waals surface area contributed by atoms with Gasteiger partial charge in [-0.15, -0.1) is 0 Å². The maximum Gasteiger partial charge on any atom is 0.387 e. The van der Waals surface area contributed by atoms with Crippen molar-refractivity contribution in [2.75, 3.05) is 5.32 Å². The van der Waals surface area contributed by atoms with Crippen molar-refractivity contribution in [2.24, 2.45) is 0 Å². The van der Waals surface area contributed by atoms with Crippen molar-refractivity contribution < 1.29 is 35.5 Å². The maximum absolute atomic E-state index is 13.4. The summed E-state index contributed by atoms with van der Waals surface area (Å²) >= 11 is 0. The van der Waals surface area contributed by atoms with Crippen LogP contribution in [0.2, 0.25) is 0 Å². The highest BCUT2D eigenvalue weighted by molar-refractivity contribution is 5.61. The SMILES string of the molecule is Fc1cc(Nc2c(F)c(F)nc(F)c2F)ccc1OC(F)F. The number of hydrogen-bond donors (Lipinski definition) is 1. The van der Waals surface area contributed by atoms with Crippen LogP contribution in [0.4, 0.5) is 42.1 Å². The number of alkyl halides is 2. The summed E-state index contributed by atoms with van der Waals surface area (Å²) in [5, 5.41) is 1.89. The van der Waals surface area contributed by atoms with Crippen molar-refractivity contribution in [3.05, 3.63) is 47.5 Å². The molecular weight excluding hydrogens is 321 g/mol. The number of nitrogens with one attached hydrogen (secondary N) is 1. The fraction of sp³-hybridized carbons (Fsp3) is 0.0833. The van der Waals surface area contributed by atoms with E-state index in [0.717, 1.165) is 12.1 Å². The first kappa shape index (κ1) is 15.9. The fourth-order valence-corrected chi connectivity index (χ4v) is 1.51. The molecule has 0 radical (unpaired) electrons. The molecule has 0 saturated carbocycles. The van der Waals surface area contributed by atoms with Crippen molar-refractivity contribution in [3.8, 4) is 5.75 Å². The highest BCUT2D eigenvalue weighted by Crippen LogP contribution is 2.28. The topological polar surface area (TPSA) is 34.2 Å². The summed E-state index contributed by atoms with van der Waals surface area (Å²) in [6.07, 6.45) is 0. The number of aromatic nitrogens is 1. The average Bonchev–Trinajstić information content (AvgIpc) is 2.44. The van der Waals surface area contributed by atoms with Gasteiger partial charge in [-0.2, -0.15) is 31.3 Å². The molecule has 10 heteroatoms. The Morgan fingerprint density at radius 3 is 2.05 bits per heavy atom. The molecule has 0 aliphatic carbocycles. The first-order valence-corrected chi connectivity index (χ1v) is 5.51. The van der Waals surface area contributed by atoms with Gasteiger partial charge in [0.15, 0.2) is 11.6 Å². The summed E-state index contributed by atoms with van der Waals surface area (Å²) in [4.78, 5) is 2.34. The van der Waals surface area contributed by atoms with Gasteiger partial charge in [-0.1, -0.05) is 0 Å². The minimum absolute atomic E-state index is 0.359. The lowest BCUT2D eigenvalue weighted by Gasteiger charge is -2.11. The molecule has 118 valence electrons. The van der Waals surface area contributed by atoms with Crippen LogP contribution in [0.15, 0.2) is 18.2 Å². The van der Waals surface area contributed by atoms with E-state index < -0.39 is 47.4 Å². The Labute approximate surface area is 118 Å². The second-order valence-electron chi connectivity index (χ2n) is 3.85. The van der Waals surface area contributed by atoms with Gasteiger partial charge in [-0.25, -0.2) is 4.39 Å². The highest BCUT2D eigenvalue weighted by atomic mass is 19.3. The smallest absolute Gasteiger partial charge is 0.387 e. The molecule has 1 aromatic carbocycles. The number of rotatable bonds is 4. The highest BCUT2D eigenvalue weighted by Gasteiger charge is 2.21. The summed E-state index contributed by atoms with van der Waals surface area (Å²) in [5.74, 6) is -9.55. The van der Waals surface area contributed by atoms with Crippen molar-refractivity contribution in [2.45, 2.75) is 6.61 Å². The van der Waals surface area contributed by atoms with Crippen molar-refractivity contribution in [3.63, 3.8) is 0 Å². The summed E-state index contributed by atoms with van der Waals surface area (Å²) in [7, 11) is 0. The number of nitrogens with zero attached hydrogens (tertiary/aromatic N) is 1. The van der Waals surface area contributed by atoms with Gasteiger partial charge in [0, 0.05) is 11.8 Å². The quantitative estimate of drug-likeness (QED) is 0.678. The van der Waals surface area contributed by atoms with E-state index in [2.05, 4.69) is 9.72 Å². The number of ether oxygens (including phenoxy) is 1. The van der Waals surface area contributed by atoms with Crippen LogP contribution in [0.1, 0.15) is 0 Å². The molecule has 0 bridgehead atoms. The molecule has 0 spiro atoms. The lowest BCUT2D eigenvalue weighted by atomic mass is 10.2. The standard InChI is InChI=1S/C12H5F7N2O/c13-5-3-4(1-2-6(5)22-12(18)19)20-9-7(14)10(16)21-11(17)8(9)15/h1-3,12H,(H,20,21). The molecule has 0 aliphatic heterocycles. The van der Waals surface area contributed by atoms with E-state index in [0.29, 0.717) is 6.07 Å². The van der Waals surface area contributed by atoms with Crippen molar-refractivity contribution >= 4 is 11.4 Å². The second kappa shape index (κ2) is 6.08. The summed E-state index contributed by atoms with van der Waals surface area (Å²) in [6.45, 7) is -3.27. The number of halogens is 7. The zero-order chi connectivity index (χ0) is 16.4. The van der Waals surface area contributed by atoms with Gasteiger partial charge in [0.25, 0.3) is 11.9 Å². The minimum atomic E-state index is -3.27. The molecule has 0 aliphatic rings. The van der Waals surface area contributed by atoms with E-state index in [1.807, 2.05) is 5.32 Å². The van der Waals surface area contributed by atoms with E-state index in [4.69, 9.17) is 0 Å². The van der Waals surface area contributed by atoms with Gasteiger partial charge in [-0.05, 0) is 12.1 Å². The summed E-state index contributed by atoms with van der Waals surface area (Å²) in [6, 6.07) is 2.20. The number of benzene rings is 1. The van der Waals surface area contributed by atoms with Crippen LogP contribution < -0.4 is 10.1 Å². The number of hydrogen-bond acceptors (Lipinski definition) is 3. The lowest BCUT2D eigenvalue weighted by Crippen LogP contribution is -2.07. The first-order chi connectivity index (χ1) is 10.3. The normalized spacial score (nSPS) is 10.9. The van der Waals surface area contributed by atoms with Gasteiger partial charge in [0.2, 0.25) is 11.6 Å². The van der Waals surface area contributed by atoms with Crippen LogP contribution in [0.5, 0.6) is 5.75 Å². The minimum Gasteiger partial charge on any atom is -0.432 e. The van der Waals surface area contributed by atoms with E-state index >= 15 is 0 Å². The molecule has 2 aromatic rings. The molecule has 2 rings (SSSR count). The number of pyridine rings is 1. The molecule has 1 N–H and O–H groups in total. The zero-order valence-electron chi connectivity index (χ0n) is 10.3. The third-order valence-corrected chi connectivity index (χ3v) is 2.41. The predicted octanol–water partition coefficient (Wildman–Crippen LogP) is 4.12. The monoisotopic (exact) mass is 326 g/mol. The van der Waals surface area contributed by atoms with Crippen molar-refractivity contribution in [1.29, 1.82) is 0 Å². The van der Waals surface area contributed by atoms with Crippen molar-refractivity contribution in [1.82, 2.24) is 4.98 Å². The van der Waals surface area contributed by atoms with E-state index in [-0.39, 0.29) is 5.69 Å². The lowest BCUT2D eigenvalue weighted by molar-refractivity contribution is -0.0521. The molecule has 1 aromatic heterocycles. The molecule has 0 amide bonds. The Kier molecular flexibility index (Phi) is 4.38. The predicted molar refractivity (Wildman–Crippen MR) is 60.4 cm³/mol. The van der Waals surface area contributed by atoms with Crippen LogP contribution in [-0.4, -0.2) is 11.6 Å². The Morgan fingerprint density at radius 2 is 1.55 bits per heavy atom.